The fraction of sp³-hybridized carbons (Fsp3) is 0.368. The van der Waals surface area contributed by atoms with Crippen molar-refractivity contribution in [2.75, 3.05) is 18.7 Å². The van der Waals surface area contributed by atoms with Crippen molar-refractivity contribution in [1.82, 2.24) is 29.3 Å². The van der Waals surface area contributed by atoms with Crippen molar-refractivity contribution in [1.29, 1.82) is 0 Å². The maximum absolute atomic E-state index is 6.31. The van der Waals surface area contributed by atoms with E-state index in [0.717, 1.165) is 42.8 Å². The summed E-state index contributed by atoms with van der Waals surface area (Å²) in [7, 11) is 1.70. The van der Waals surface area contributed by atoms with Crippen LogP contribution in [0.3, 0.4) is 0 Å². The van der Waals surface area contributed by atoms with Crippen molar-refractivity contribution in [3.8, 4) is 23.1 Å². The van der Waals surface area contributed by atoms with Crippen molar-refractivity contribution in [3.05, 3.63) is 36.3 Å². The third-order valence-electron chi connectivity index (χ3n) is 5.96. The molecule has 2 aromatic heterocycles. The van der Waals surface area contributed by atoms with Gasteiger partial charge in [0.1, 0.15) is 18.1 Å². The van der Waals surface area contributed by atoms with E-state index in [1.165, 1.54) is 0 Å². The summed E-state index contributed by atoms with van der Waals surface area (Å²) in [4.78, 5) is 6.76. The van der Waals surface area contributed by atoms with Crippen LogP contribution in [0.15, 0.2) is 35.0 Å². The van der Waals surface area contributed by atoms with Gasteiger partial charge in [0.2, 0.25) is 11.6 Å². The average Bonchev–Trinajstić information content (AvgIpc) is 3.51. The van der Waals surface area contributed by atoms with Crippen LogP contribution in [0, 0.1) is 0 Å². The Morgan fingerprint density at radius 1 is 1.14 bits per heavy atom. The number of rotatable bonds is 3. The van der Waals surface area contributed by atoms with E-state index in [1.54, 1.807) is 11.5 Å². The minimum atomic E-state index is -0.481. The van der Waals surface area contributed by atoms with Gasteiger partial charge >= 0.3 is 0 Å². The van der Waals surface area contributed by atoms with Crippen molar-refractivity contribution in [3.63, 3.8) is 0 Å². The minimum absolute atomic E-state index is 0.315. The molecule has 1 fully saturated rings. The number of benzene rings is 1. The summed E-state index contributed by atoms with van der Waals surface area (Å²) in [6.45, 7) is 0.521. The highest BCUT2D eigenvalue weighted by molar-refractivity contribution is 6.15. The Kier molecular flexibility index (Phi) is 3.54. The molecule has 10 heteroatoms. The Labute approximate surface area is 171 Å². The molecular formula is C19H18ClN7O2. The number of hydrogen-bond donors (Lipinski definition) is 0. The number of methoxy groups -OCH3 is 1. The maximum Gasteiger partial charge on any atom is 0.296 e. The highest BCUT2D eigenvalue weighted by atomic mass is 35.5. The van der Waals surface area contributed by atoms with E-state index in [-0.39, 0.29) is 0 Å². The van der Waals surface area contributed by atoms with Gasteiger partial charge < -0.3 is 14.2 Å². The van der Waals surface area contributed by atoms with Crippen LogP contribution in [-0.4, -0.2) is 43.1 Å². The first kappa shape index (κ1) is 17.0. The van der Waals surface area contributed by atoms with Crippen molar-refractivity contribution in [2.45, 2.75) is 31.3 Å². The standard InChI is InChI=1S/C19H18ClN7O2/c1-28-19(8-4-5-9-19)18-21-17(29-24-18)16-23-22-15-12-6-2-3-7-13(12)26-11-25(20)10-14(26)27(15)16/h2-3,6-7,10H,4-5,8-9,11H2,1H3. The lowest BCUT2D eigenvalue weighted by Gasteiger charge is -2.29. The van der Waals surface area contributed by atoms with E-state index in [2.05, 4.69) is 25.2 Å². The fourth-order valence-corrected chi connectivity index (χ4v) is 4.69. The Morgan fingerprint density at radius 2 is 1.93 bits per heavy atom. The molecule has 0 amide bonds. The van der Waals surface area contributed by atoms with Crippen LogP contribution in [-0.2, 0) is 10.3 Å². The predicted molar refractivity (Wildman–Crippen MR) is 105 cm³/mol. The van der Waals surface area contributed by atoms with Gasteiger partial charge in [-0.2, -0.15) is 4.98 Å². The second-order valence-corrected chi connectivity index (χ2v) is 7.92. The number of nitrogens with zero attached hydrogens (tertiary/aromatic N) is 7. The van der Waals surface area contributed by atoms with Gasteiger partial charge in [0, 0.05) is 24.4 Å². The molecule has 29 heavy (non-hydrogen) atoms. The third kappa shape index (κ3) is 2.31. The Hall–Kier alpha value is -2.91. The van der Waals surface area contributed by atoms with Gasteiger partial charge in [-0.3, -0.25) is 8.99 Å². The molecule has 0 unspecified atom stereocenters. The lowest BCUT2D eigenvalue weighted by atomic mass is 10.0. The van der Waals surface area contributed by atoms with Crippen LogP contribution in [0.1, 0.15) is 31.5 Å². The van der Waals surface area contributed by atoms with Crippen molar-refractivity contribution >= 4 is 23.3 Å². The highest BCUT2D eigenvalue weighted by Gasteiger charge is 2.41. The second kappa shape index (κ2) is 6.04. The molecule has 6 rings (SSSR count). The van der Waals surface area contributed by atoms with Gasteiger partial charge in [0.15, 0.2) is 5.82 Å². The summed E-state index contributed by atoms with van der Waals surface area (Å²) in [5.41, 5.74) is 1.52. The van der Waals surface area contributed by atoms with Gasteiger partial charge in [0.25, 0.3) is 5.89 Å². The normalized spacial score (nSPS) is 19.2. The minimum Gasteiger partial charge on any atom is -0.370 e. The van der Waals surface area contributed by atoms with E-state index >= 15 is 0 Å². The molecule has 148 valence electrons. The van der Waals surface area contributed by atoms with Crippen LogP contribution in [0.5, 0.6) is 0 Å². The van der Waals surface area contributed by atoms with E-state index in [1.807, 2.05) is 35.0 Å². The summed E-state index contributed by atoms with van der Waals surface area (Å²) in [5.74, 6) is 2.93. The SMILES string of the molecule is COC1(c2noc(-c3nnc4n3C3=CN(Cl)CN3c3ccccc3-4)n2)CCCC1. The van der Waals surface area contributed by atoms with E-state index in [9.17, 15) is 0 Å². The molecule has 0 radical (unpaired) electrons. The first-order valence-corrected chi connectivity index (χ1v) is 9.91. The molecule has 1 aliphatic carbocycles. The quantitative estimate of drug-likeness (QED) is 0.606. The number of anilines is 1. The first-order chi connectivity index (χ1) is 14.2. The second-order valence-electron chi connectivity index (χ2n) is 7.48. The Balaban J connectivity index is 1.50. The van der Waals surface area contributed by atoms with Gasteiger partial charge in [-0.25, -0.2) is 0 Å². The zero-order valence-electron chi connectivity index (χ0n) is 15.7. The zero-order valence-corrected chi connectivity index (χ0v) is 16.5. The molecule has 9 nitrogen and oxygen atoms in total. The van der Waals surface area contributed by atoms with Crippen LogP contribution < -0.4 is 4.90 Å². The number of halogens is 1. The summed E-state index contributed by atoms with van der Waals surface area (Å²) in [6, 6.07) is 8.04. The maximum atomic E-state index is 6.31. The fourth-order valence-electron chi connectivity index (χ4n) is 4.50. The molecular weight excluding hydrogens is 394 g/mol. The van der Waals surface area contributed by atoms with E-state index in [4.69, 9.17) is 21.0 Å². The van der Waals surface area contributed by atoms with E-state index < -0.39 is 5.60 Å². The highest BCUT2D eigenvalue weighted by Crippen LogP contribution is 2.44. The lowest BCUT2D eigenvalue weighted by Crippen LogP contribution is -2.28. The molecule has 0 spiro atoms. The largest absolute Gasteiger partial charge is 0.370 e. The number of para-hydroxylation sites is 1. The summed E-state index contributed by atoms with van der Waals surface area (Å²) >= 11 is 6.31. The van der Waals surface area contributed by atoms with Crippen molar-refractivity contribution < 1.29 is 9.26 Å². The molecule has 0 saturated heterocycles. The van der Waals surface area contributed by atoms with Gasteiger partial charge in [0.05, 0.1) is 11.9 Å². The topological polar surface area (TPSA) is 85.3 Å². The summed E-state index contributed by atoms with van der Waals surface area (Å²) in [6.07, 6.45) is 5.78. The summed E-state index contributed by atoms with van der Waals surface area (Å²) < 4.78 is 14.9. The van der Waals surface area contributed by atoms with Crippen LogP contribution >= 0.6 is 11.8 Å². The smallest absolute Gasteiger partial charge is 0.296 e. The number of fused-ring (bicyclic) bond motifs is 6. The van der Waals surface area contributed by atoms with Gasteiger partial charge in [-0.15, -0.1) is 10.2 Å². The number of ether oxygens (including phenoxy) is 1. The molecule has 1 saturated carbocycles. The first-order valence-electron chi connectivity index (χ1n) is 9.57. The molecule has 0 bridgehead atoms. The average molecular weight is 412 g/mol. The van der Waals surface area contributed by atoms with Gasteiger partial charge in [-0.05, 0) is 37.8 Å². The molecule has 2 aliphatic heterocycles. The number of hydrogen-bond acceptors (Lipinski definition) is 8. The molecule has 0 N–H and O–H groups in total. The molecule has 4 heterocycles. The molecule has 0 atom stereocenters. The van der Waals surface area contributed by atoms with Crippen LogP contribution in [0.4, 0.5) is 5.69 Å². The lowest BCUT2D eigenvalue weighted by molar-refractivity contribution is -0.0178. The van der Waals surface area contributed by atoms with Gasteiger partial charge in [-0.1, -0.05) is 17.3 Å². The Morgan fingerprint density at radius 3 is 2.76 bits per heavy atom. The summed E-state index contributed by atoms with van der Waals surface area (Å²) in [5, 5.41) is 13.0. The molecule has 3 aromatic rings. The van der Waals surface area contributed by atoms with E-state index in [0.29, 0.717) is 30.0 Å². The van der Waals surface area contributed by atoms with Crippen LogP contribution in [0.25, 0.3) is 28.9 Å². The Bertz CT molecular complexity index is 1130. The predicted octanol–water partition coefficient (Wildman–Crippen LogP) is 3.41. The monoisotopic (exact) mass is 411 g/mol. The van der Waals surface area contributed by atoms with Crippen LogP contribution in [0.2, 0.25) is 0 Å². The zero-order chi connectivity index (χ0) is 19.6. The molecule has 1 aromatic carbocycles. The number of aromatic nitrogens is 5. The third-order valence-corrected chi connectivity index (χ3v) is 6.17. The van der Waals surface area contributed by atoms with Crippen molar-refractivity contribution in [2.24, 2.45) is 0 Å². The molecule has 3 aliphatic rings.